The van der Waals surface area contributed by atoms with E-state index in [1.165, 1.54) is 31.4 Å². The molecule has 1 aliphatic rings. The average Bonchev–Trinajstić information content (AvgIpc) is 2.69. The molecule has 4 nitrogen and oxygen atoms in total. The van der Waals surface area contributed by atoms with E-state index in [-0.39, 0.29) is 11.9 Å². The van der Waals surface area contributed by atoms with Crippen molar-refractivity contribution in [2.45, 2.75) is 32.2 Å². The van der Waals surface area contributed by atoms with Crippen molar-refractivity contribution in [2.75, 3.05) is 23.3 Å². The molecule has 0 aliphatic carbocycles. The van der Waals surface area contributed by atoms with Gasteiger partial charge in [0.25, 0.3) is 0 Å². The molecule has 2 heterocycles. The number of fused-ring (bicyclic) bond motifs is 1. The smallest absolute Gasteiger partial charge is 0.227 e. The van der Waals surface area contributed by atoms with Gasteiger partial charge in [0, 0.05) is 24.5 Å². The zero-order valence-corrected chi connectivity index (χ0v) is 15.0. The lowest BCUT2D eigenvalue weighted by Gasteiger charge is -2.27. The first-order chi connectivity index (χ1) is 12.7. The number of para-hydroxylation sites is 1. The Morgan fingerprint density at radius 3 is 2.46 bits per heavy atom. The van der Waals surface area contributed by atoms with Gasteiger partial charge in [-0.15, -0.1) is 0 Å². The molecule has 4 rings (SSSR count). The minimum absolute atomic E-state index is 0.0168. The van der Waals surface area contributed by atoms with Gasteiger partial charge >= 0.3 is 0 Å². The molecule has 5 heteroatoms. The molecule has 0 saturated carbocycles. The highest BCUT2D eigenvalue weighted by molar-refractivity contribution is 5.90. The molecule has 0 amide bonds. The number of nitrogens with zero attached hydrogens (tertiary/aromatic N) is 3. The molecule has 1 aliphatic heterocycles. The minimum Gasteiger partial charge on any atom is -0.363 e. The Labute approximate surface area is 153 Å². The van der Waals surface area contributed by atoms with E-state index in [1.54, 1.807) is 0 Å². The Balaban J connectivity index is 1.69. The number of anilines is 2. The summed E-state index contributed by atoms with van der Waals surface area (Å²) in [6.07, 6.45) is 3.65. The van der Waals surface area contributed by atoms with Crippen molar-refractivity contribution in [1.82, 2.24) is 9.97 Å². The lowest BCUT2D eigenvalue weighted by atomic mass is 10.1. The number of hydrogen-bond donors (Lipinski definition) is 1. The second kappa shape index (κ2) is 7.28. The third-order valence-corrected chi connectivity index (χ3v) is 4.95. The van der Waals surface area contributed by atoms with E-state index < -0.39 is 0 Å². The number of nitrogens with one attached hydrogen (secondary N) is 1. The first-order valence-corrected chi connectivity index (χ1v) is 9.24. The summed E-state index contributed by atoms with van der Waals surface area (Å²) in [7, 11) is 0. The summed E-state index contributed by atoms with van der Waals surface area (Å²) >= 11 is 0. The van der Waals surface area contributed by atoms with Crippen molar-refractivity contribution in [3.8, 4) is 0 Å². The Morgan fingerprint density at radius 1 is 0.962 bits per heavy atom. The van der Waals surface area contributed by atoms with Crippen LogP contribution in [0.5, 0.6) is 0 Å². The maximum absolute atomic E-state index is 13.2. The molecule has 0 radical (unpaired) electrons. The molecule has 0 unspecified atom stereocenters. The van der Waals surface area contributed by atoms with Crippen LogP contribution in [0.4, 0.5) is 16.2 Å². The van der Waals surface area contributed by atoms with E-state index in [0.29, 0.717) is 0 Å². The van der Waals surface area contributed by atoms with Gasteiger partial charge in [0.1, 0.15) is 11.6 Å². The molecule has 0 bridgehead atoms. The van der Waals surface area contributed by atoms with Crippen molar-refractivity contribution in [1.29, 1.82) is 0 Å². The molecular weight excluding hydrogens is 327 g/mol. The standard InChI is InChI=1S/C21H23FN4/c1-15(16-9-11-17(22)12-10-16)23-20-18-7-3-4-8-19(18)24-21(25-20)26-13-5-2-6-14-26/h3-4,7-12,15H,2,5-6,13-14H2,1H3,(H,23,24,25)/t15-/m1/s1. The average molecular weight is 350 g/mol. The molecule has 2 aromatic carbocycles. The molecule has 134 valence electrons. The Kier molecular flexibility index (Phi) is 4.69. The minimum atomic E-state index is -0.221. The van der Waals surface area contributed by atoms with Crippen LogP contribution in [0.3, 0.4) is 0 Å². The van der Waals surface area contributed by atoms with Crippen LogP contribution in [-0.4, -0.2) is 23.1 Å². The second-order valence-corrected chi connectivity index (χ2v) is 6.85. The van der Waals surface area contributed by atoms with Gasteiger partial charge in [0.05, 0.1) is 5.52 Å². The van der Waals surface area contributed by atoms with Crippen LogP contribution in [0.25, 0.3) is 10.9 Å². The first kappa shape index (κ1) is 16.8. The van der Waals surface area contributed by atoms with Crippen molar-refractivity contribution >= 4 is 22.7 Å². The Morgan fingerprint density at radius 2 is 1.69 bits per heavy atom. The lowest BCUT2D eigenvalue weighted by Crippen LogP contribution is -2.31. The lowest BCUT2D eigenvalue weighted by molar-refractivity contribution is 0.569. The monoisotopic (exact) mass is 350 g/mol. The van der Waals surface area contributed by atoms with Crippen molar-refractivity contribution in [2.24, 2.45) is 0 Å². The zero-order valence-electron chi connectivity index (χ0n) is 15.0. The fourth-order valence-electron chi connectivity index (χ4n) is 3.45. The van der Waals surface area contributed by atoms with Crippen LogP contribution in [0, 0.1) is 5.82 Å². The van der Waals surface area contributed by atoms with Gasteiger partial charge in [0.15, 0.2) is 0 Å². The van der Waals surface area contributed by atoms with Gasteiger partial charge in [-0.1, -0.05) is 24.3 Å². The van der Waals surface area contributed by atoms with E-state index in [1.807, 2.05) is 36.4 Å². The van der Waals surface area contributed by atoms with Crippen molar-refractivity contribution in [3.63, 3.8) is 0 Å². The number of halogens is 1. The summed E-state index contributed by atoms with van der Waals surface area (Å²) in [5.41, 5.74) is 1.96. The number of aromatic nitrogens is 2. The SMILES string of the molecule is C[C@@H](Nc1nc(N2CCCCC2)nc2ccccc12)c1ccc(F)cc1. The summed E-state index contributed by atoms with van der Waals surface area (Å²) in [5, 5.41) is 4.50. The summed E-state index contributed by atoms with van der Waals surface area (Å²) in [4.78, 5) is 11.9. The van der Waals surface area contributed by atoms with E-state index in [2.05, 4.69) is 17.1 Å². The normalized spacial score (nSPS) is 15.8. The largest absolute Gasteiger partial charge is 0.363 e. The fraction of sp³-hybridized carbons (Fsp3) is 0.333. The maximum Gasteiger partial charge on any atom is 0.227 e. The van der Waals surface area contributed by atoms with E-state index >= 15 is 0 Å². The second-order valence-electron chi connectivity index (χ2n) is 6.85. The maximum atomic E-state index is 13.2. The Bertz CT molecular complexity index is 888. The zero-order chi connectivity index (χ0) is 17.9. The highest BCUT2D eigenvalue weighted by Gasteiger charge is 2.17. The van der Waals surface area contributed by atoms with Crippen molar-refractivity contribution in [3.05, 3.63) is 59.9 Å². The molecule has 1 saturated heterocycles. The molecule has 3 aromatic rings. The van der Waals surface area contributed by atoms with Gasteiger partial charge in [-0.25, -0.2) is 9.37 Å². The van der Waals surface area contributed by atoms with Crippen LogP contribution >= 0.6 is 0 Å². The van der Waals surface area contributed by atoms with Gasteiger partial charge < -0.3 is 10.2 Å². The predicted molar refractivity (Wildman–Crippen MR) is 104 cm³/mol. The van der Waals surface area contributed by atoms with E-state index in [4.69, 9.17) is 9.97 Å². The van der Waals surface area contributed by atoms with Crippen LogP contribution in [0.15, 0.2) is 48.5 Å². The number of hydrogen-bond acceptors (Lipinski definition) is 4. The highest BCUT2D eigenvalue weighted by atomic mass is 19.1. The van der Waals surface area contributed by atoms with Gasteiger partial charge in [0.2, 0.25) is 5.95 Å². The summed E-state index contributed by atoms with van der Waals surface area (Å²) in [5.74, 6) is 1.39. The summed E-state index contributed by atoms with van der Waals surface area (Å²) in [6.45, 7) is 4.07. The molecule has 1 atom stereocenters. The topological polar surface area (TPSA) is 41.1 Å². The third-order valence-electron chi connectivity index (χ3n) is 4.95. The quantitative estimate of drug-likeness (QED) is 0.724. The predicted octanol–water partition coefficient (Wildman–Crippen LogP) is 4.93. The van der Waals surface area contributed by atoms with Crippen LogP contribution in [-0.2, 0) is 0 Å². The van der Waals surface area contributed by atoms with E-state index in [9.17, 15) is 4.39 Å². The molecule has 26 heavy (non-hydrogen) atoms. The Hall–Kier alpha value is -2.69. The van der Waals surface area contributed by atoms with Crippen LogP contribution < -0.4 is 10.2 Å². The number of rotatable bonds is 4. The molecular formula is C21H23FN4. The molecule has 1 fully saturated rings. The molecule has 1 N–H and O–H groups in total. The fourth-order valence-corrected chi connectivity index (χ4v) is 3.45. The van der Waals surface area contributed by atoms with Crippen LogP contribution in [0.2, 0.25) is 0 Å². The molecule has 1 aromatic heterocycles. The number of benzene rings is 2. The summed E-state index contributed by atoms with van der Waals surface area (Å²) in [6, 6.07) is 14.7. The molecule has 0 spiro atoms. The number of piperidine rings is 1. The van der Waals surface area contributed by atoms with Gasteiger partial charge in [-0.3, -0.25) is 0 Å². The van der Waals surface area contributed by atoms with Gasteiger partial charge in [-0.2, -0.15) is 4.98 Å². The highest BCUT2D eigenvalue weighted by Crippen LogP contribution is 2.28. The van der Waals surface area contributed by atoms with Gasteiger partial charge in [-0.05, 0) is 56.0 Å². The van der Waals surface area contributed by atoms with Crippen LogP contribution in [0.1, 0.15) is 37.8 Å². The third kappa shape index (κ3) is 3.47. The van der Waals surface area contributed by atoms with E-state index in [0.717, 1.165) is 41.3 Å². The van der Waals surface area contributed by atoms with Crippen molar-refractivity contribution < 1.29 is 4.39 Å². The summed E-state index contributed by atoms with van der Waals surface area (Å²) < 4.78 is 13.2. The first-order valence-electron chi connectivity index (χ1n) is 9.24.